The number of hydrogen-bond donors (Lipinski definition) is 0. The second-order valence-electron chi connectivity index (χ2n) is 7.59. The maximum atomic E-state index is 13.0. The maximum absolute atomic E-state index is 13.0. The van der Waals surface area contributed by atoms with Gasteiger partial charge in [-0.3, -0.25) is 0 Å². The molecule has 0 spiro atoms. The quantitative estimate of drug-likeness (QED) is 0.605. The average Bonchev–Trinajstić information content (AvgIpc) is 2.63. The van der Waals surface area contributed by atoms with Gasteiger partial charge in [0.05, 0.1) is 13.2 Å². The van der Waals surface area contributed by atoms with Crippen LogP contribution in [0.4, 0.5) is 4.39 Å². The zero-order valence-corrected chi connectivity index (χ0v) is 14.9. The van der Waals surface area contributed by atoms with Gasteiger partial charge in [-0.1, -0.05) is 57.6 Å². The largest absolute Gasteiger partial charge is 0.348 e. The van der Waals surface area contributed by atoms with Gasteiger partial charge in [0.1, 0.15) is 5.82 Å². The number of halogens is 1. The SMILES string of the molecule is CCCCC[C@H]1CC[C@H](C2COC(c3ccc(F)cc3)OC2)CC1. The van der Waals surface area contributed by atoms with Gasteiger partial charge in [0.25, 0.3) is 0 Å². The zero-order chi connectivity index (χ0) is 16.8. The number of unbranched alkanes of at least 4 members (excludes halogenated alkanes) is 2. The van der Waals surface area contributed by atoms with E-state index >= 15 is 0 Å². The second kappa shape index (κ2) is 8.96. The van der Waals surface area contributed by atoms with E-state index in [0.717, 1.165) is 30.6 Å². The third kappa shape index (κ3) is 4.80. The second-order valence-corrected chi connectivity index (χ2v) is 7.59. The summed E-state index contributed by atoms with van der Waals surface area (Å²) in [6.07, 6.45) is 10.6. The maximum Gasteiger partial charge on any atom is 0.183 e. The van der Waals surface area contributed by atoms with E-state index in [0.29, 0.717) is 5.92 Å². The Hall–Kier alpha value is -0.930. The molecule has 2 aliphatic rings. The molecule has 2 nitrogen and oxygen atoms in total. The highest BCUT2D eigenvalue weighted by molar-refractivity contribution is 5.17. The van der Waals surface area contributed by atoms with Gasteiger partial charge in [0.15, 0.2) is 6.29 Å². The van der Waals surface area contributed by atoms with Crippen LogP contribution in [0.25, 0.3) is 0 Å². The van der Waals surface area contributed by atoms with E-state index in [1.165, 1.54) is 63.5 Å². The van der Waals surface area contributed by atoms with Gasteiger partial charge in [0.2, 0.25) is 0 Å². The standard InChI is InChI=1S/C21H31FO2/c1-2-3-4-5-16-6-8-17(9-7-16)19-14-23-21(24-15-19)18-10-12-20(22)13-11-18/h10-13,16-17,19,21H,2-9,14-15H2,1H3/t16-,17-,19?,21?. The van der Waals surface area contributed by atoms with Crippen molar-refractivity contribution in [2.75, 3.05) is 13.2 Å². The smallest absolute Gasteiger partial charge is 0.183 e. The van der Waals surface area contributed by atoms with Gasteiger partial charge >= 0.3 is 0 Å². The van der Waals surface area contributed by atoms with Crippen LogP contribution in [0.3, 0.4) is 0 Å². The van der Waals surface area contributed by atoms with Crippen molar-refractivity contribution in [3.63, 3.8) is 0 Å². The van der Waals surface area contributed by atoms with Crippen molar-refractivity contribution in [1.29, 1.82) is 0 Å². The highest BCUT2D eigenvalue weighted by Gasteiger charge is 2.32. The van der Waals surface area contributed by atoms with Gasteiger partial charge in [-0.25, -0.2) is 4.39 Å². The molecule has 1 heterocycles. The summed E-state index contributed by atoms with van der Waals surface area (Å²) in [7, 11) is 0. The summed E-state index contributed by atoms with van der Waals surface area (Å²) in [6, 6.07) is 6.44. The molecule has 0 unspecified atom stereocenters. The van der Waals surface area contributed by atoms with Crippen molar-refractivity contribution in [3.8, 4) is 0 Å². The molecule has 1 aromatic rings. The lowest BCUT2D eigenvalue weighted by atomic mass is 9.74. The Kier molecular flexibility index (Phi) is 6.67. The minimum absolute atomic E-state index is 0.219. The van der Waals surface area contributed by atoms with Gasteiger partial charge in [-0.15, -0.1) is 0 Å². The first-order chi connectivity index (χ1) is 11.8. The zero-order valence-electron chi connectivity index (χ0n) is 14.9. The molecule has 2 fully saturated rings. The van der Waals surface area contributed by atoms with Crippen LogP contribution in [0.1, 0.15) is 70.1 Å². The summed E-state index contributed by atoms with van der Waals surface area (Å²) in [5, 5.41) is 0. The summed E-state index contributed by atoms with van der Waals surface area (Å²) >= 11 is 0. The normalized spacial score (nSPS) is 31.1. The molecule has 0 bridgehead atoms. The molecule has 1 aromatic carbocycles. The summed E-state index contributed by atoms with van der Waals surface area (Å²) < 4.78 is 24.9. The molecule has 0 atom stereocenters. The minimum atomic E-state index is -0.327. The molecule has 0 radical (unpaired) electrons. The van der Waals surface area contributed by atoms with Crippen LogP contribution >= 0.6 is 0 Å². The molecule has 3 heteroatoms. The molecule has 1 aliphatic heterocycles. The molecule has 24 heavy (non-hydrogen) atoms. The molecule has 134 valence electrons. The van der Waals surface area contributed by atoms with Crippen LogP contribution in [0, 0.1) is 23.6 Å². The fourth-order valence-corrected chi connectivity index (χ4v) is 4.23. The number of hydrogen-bond acceptors (Lipinski definition) is 2. The average molecular weight is 334 g/mol. The molecule has 1 aliphatic carbocycles. The van der Waals surface area contributed by atoms with Crippen LogP contribution in [0.2, 0.25) is 0 Å². The first kappa shape index (κ1) is 17.9. The predicted molar refractivity (Wildman–Crippen MR) is 94.1 cm³/mol. The molecule has 0 amide bonds. The van der Waals surface area contributed by atoms with Crippen molar-refractivity contribution < 1.29 is 13.9 Å². The van der Waals surface area contributed by atoms with E-state index in [1.807, 2.05) is 0 Å². The highest BCUT2D eigenvalue weighted by atomic mass is 19.1. The lowest BCUT2D eigenvalue weighted by Crippen LogP contribution is -2.34. The van der Waals surface area contributed by atoms with Crippen molar-refractivity contribution in [3.05, 3.63) is 35.6 Å². The summed E-state index contributed by atoms with van der Waals surface area (Å²) in [5.74, 6) is 2.01. The van der Waals surface area contributed by atoms with E-state index in [-0.39, 0.29) is 12.1 Å². The molecule has 0 aromatic heterocycles. The van der Waals surface area contributed by atoms with Gasteiger partial charge in [0, 0.05) is 11.5 Å². The topological polar surface area (TPSA) is 18.5 Å². The van der Waals surface area contributed by atoms with Crippen molar-refractivity contribution in [1.82, 2.24) is 0 Å². The minimum Gasteiger partial charge on any atom is -0.348 e. The summed E-state index contributed by atoms with van der Waals surface area (Å²) in [4.78, 5) is 0. The van der Waals surface area contributed by atoms with E-state index < -0.39 is 0 Å². The van der Waals surface area contributed by atoms with E-state index in [2.05, 4.69) is 6.92 Å². The third-order valence-corrected chi connectivity index (χ3v) is 5.84. The molecule has 0 N–H and O–H groups in total. The fourth-order valence-electron chi connectivity index (χ4n) is 4.23. The lowest BCUT2D eigenvalue weighted by molar-refractivity contribution is -0.214. The van der Waals surface area contributed by atoms with Crippen LogP contribution in [-0.4, -0.2) is 13.2 Å². The van der Waals surface area contributed by atoms with E-state index in [1.54, 1.807) is 12.1 Å². The monoisotopic (exact) mass is 334 g/mol. The first-order valence-electron chi connectivity index (χ1n) is 9.75. The lowest BCUT2D eigenvalue weighted by Gasteiger charge is -2.38. The summed E-state index contributed by atoms with van der Waals surface area (Å²) in [6.45, 7) is 3.82. The Balaban J connectivity index is 1.40. The van der Waals surface area contributed by atoms with Gasteiger partial charge in [-0.2, -0.15) is 0 Å². The Morgan fingerprint density at radius 1 is 0.917 bits per heavy atom. The van der Waals surface area contributed by atoms with Crippen molar-refractivity contribution >= 4 is 0 Å². The van der Waals surface area contributed by atoms with Gasteiger partial charge in [-0.05, 0) is 36.8 Å². The van der Waals surface area contributed by atoms with Gasteiger partial charge < -0.3 is 9.47 Å². The van der Waals surface area contributed by atoms with Crippen LogP contribution < -0.4 is 0 Å². The predicted octanol–water partition coefficient (Wildman–Crippen LogP) is 5.87. The molecular formula is C21H31FO2. The van der Waals surface area contributed by atoms with Crippen LogP contribution in [-0.2, 0) is 9.47 Å². The van der Waals surface area contributed by atoms with E-state index in [4.69, 9.17) is 9.47 Å². The summed E-state index contributed by atoms with van der Waals surface area (Å²) in [5.41, 5.74) is 0.912. The van der Waals surface area contributed by atoms with E-state index in [9.17, 15) is 4.39 Å². The first-order valence-corrected chi connectivity index (χ1v) is 9.75. The molecule has 1 saturated carbocycles. The Labute approximate surface area is 145 Å². The molecular weight excluding hydrogens is 303 g/mol. The van der Waals surface area contributed by atoms with Crippen LogP contribution in [0.15, 0.2) is 24.3 Å². The fraction of sp³-hybridized carbons (Fsp3) is 0.714. The number of ether oxygens (including phenoxy) is 2. The van der Waals surface area contributed by atoms with Crippen LogP contribution in [0.5, 0.6) is 0 Å². The Bertz CT molecular complexity index is 471. The Morgan fingerprint density at radius 2 is 1.58 bits per heavy atom. The Morgan fingerprint density at radius 3 is 2.21 bits per heavy atom. The molecule has 3 rings (SSSR count). The highest BCUT2D eigenvalue weighted by Crippen LogP contribution is 2.38. The molecule has 1 saturated heterocycles. The number of benzene rings is 1. The van der Waals surface area contributed by atoms with Crippen molar-refractivity contribution in [2.24, 2.45) is 17.8 Å². The number of rotatable bonds is 6. The van der Waals surface area contributed by atoms with Crippen molar-refractivity contribution in [2.45, 2.75) is 64.6 Å². The third-order valence-electron chi connectivity index (χ3n) is 5.84.